The Hall–Kier alpha value is -3.42. The highest BCUT2D eigenvalue weighted by Crippen LogP contribution is 2.26. The quantitative estimate of drug-likeness (QED) is 0.355. The highest BCUT2D eigenvalue weighted by Gasteiger charge is 2.09. The van der Waals surface area contributed by atoms with Gasteiger partial charge in [-0.2, -0.15) is 5.26 Å². The third-order valence-electron chi connectivity index (χ3n) is 4.26. The number of thiophene rings is 1. The molecule has 3 nitrogen and oxygen atoms in total. The van der Waals surface area contributed by atoms with Gasteiger partial charge >= 0.3 is 0 Å². The van der Waals surface area contributed by atoms with Crippen LogP contribution in [0.4, 0.5) is 0 Å². The van der Waals surface area contributed by atoms with Crippen molar-refractivity contribution >= 4 is 40.2 Å². The topological polar surface area (TPSA) is 45.8 Å². The van der Waals surface area contributed by atoms with Crippen LogP contribution in [0, 0.1) is 11.3 Å². The van der Waals surface area contributed by atoms with Gasteiger partial charge in [0, 0.05) is 27.7 Å². The minimum absolute atomic E-state index is 0.655. The zero-order chi connectivity index (χ0) is 17.9. The highest BCUT2D eigenvalue weighted by molar-refractivity contribution is 7.11. The number of aldehydes is 1. The zero-order valence-electron chi connectivity index (χ0n) is 13.8. The highest BCUT2D eigenvalue weighted by atomic mass is 32.1. The van der Waals surface area contributed by atoms with E-state index in [2.05, 4.69) is 6.07 Å². The van der Waals surface area contributed by atoms with Crippen LogP contribution >= 0.6 is 11.3 Å². The standard InChI is InChI=1S/C22H14N2OS/c23-13-17(22-6-3-11-26-22)12-16-7-9-19(10-8-16)24-14-18(15-25)20-4-1-2-5-21(20)24/h1-12,14-15H/b17-12+. The molecular weight excluding hydrogens is 340 g/mol. The monoisotopic (exact) mass is 354 g/mol. The molecule has 0 spiro atoms. The normalized spacial score (nSPS) is 11.4. The first-order chi connectivity index (χ1) is 12.8. The SMILES string of the molecule is N#C/C(=C\c1ccc(-n2cc(C=O)c3ccccc32)cc1)c1cccs1. The maximum atomic E-state index is 11.3. The molecule has 0 saturated carbocycles. The van der Waals surface area contributed by atoms with Gasteiger partial charge < -0.3 is 4.57 Å². The molecule has 0 radical (unpaired) electrons. The predicted molar refractivity (Wildman–Crippen MR) is 106 cm³/mol. The van der Waals surface area contributed by atoms with Crippen LogP contribution in [0.15, 0.2) is 72.2 Å². The van der Waals surface area contributed by atoms with Crippen molar-refractivity contribution in [2.45, 2.75) is 0 Å². The van der Waals surface area contributed by atoms with Crippen molar-refractivity contribution in [3.63, 3.8) is 0 Å². The van der Waals surface area contributed by atoms with E-state index >= 15 is 0 Å². The molecule has 4 rings (SSSR count). The Bertz CT molecular complexity index is 1140. The van der Waals surface area contributed by atoms with Gasteiger partial charge in [-0.05, 0) is 41.3 Å². The summed E-state index contributed by atoms with van der Waals surface area (Å²) in [6.07, 6.45) is 4.63. The van der Waals surface area contributed by atoms with E-state index in [1.807, 2.05) is 82.9 Å². The lowest BCUT2D eigenvalue weighted by atomic mass is 10.1. The summed E-state index contributed by atoms with van der Waals surface area (Å²) >= 11 is 1.55. The molecule has 4 heteroatoms. The Morgan fingerprint density at radius 3 is 2.54 bits per heavy atom. The van der Waals surface area contributed by atoms with E-state index in [4.69, 9.17) is 0 Å². The number of benzene rings is 2. The minimum atomic E-state index is 0.655. The summed E-state index contributed by atoms with van der Waals surface area (Å²) in [6.45, 7) is 0. The van der Waals surface area contributed by atoms with Crippen LogP contribution < -0.4 is 0 Å². The van der Waals surface area contributed by atoms with Gasteiger partial charge in [0.25, 0.3) is 0 Å². The smallest absolute Gasteiger partial charge is 0.152 e. The number of fused-ring (bicyclic) bond motifs is 1. The summed E-state index contributed by atoms with van der Waals surface area (Å²) in [5.41, 5.74) is 4.26. The Kier molecular flexibility index (Phi) is 4.22. The number of rotatable bonds is 4. The van der Waals surface area contributed by atoms with Gasteiger partial charge in [0.05, 0.1) is 11.1 Å². The van der Waals surface area contributed by atoms with E-state index in [-0.39, 0.29) is 0 Å². The maximum absolute atomic E-state index is 11.3. The van der Waals surface area contributed by atoms with Crippen molar-refractivity contribution in [2.75, 3.05) is 0 Å². The third kappa shape index (κ3) is 2.85. The molecule has 0 atom stereocenters. The van der Waals surface area contributed by atoms with E-state index in [9.17, 15) is 10.1 Å². The number of nitriles is 1. The first-order valence-corrected chi connectivity index (χ1v) is 8.99. The van der Waals surface area contributed by atoms with Crippen molar-refractivity contribution in [1.82, 2.24) is 4.57 Å². The van der Waals surface area contributed by atoms with Crippen LogP contribution in [0.3, 0.4) is 0 Å². The van der Waals surface area contributed by atoms with Crippen LogP contribution in [0.5, 0.6) is 0 Å². The molecule has 0 aliphatic heterocycles. The molecule has 2 heterocycles. The lowest BCUT2D eigenvalue weighted by Crippen LogP contribution is -1.91. The molecule has 0 unspecified atom stereocenters. The van der Waals surface area contributed by atoms with Gasteiger partial charge in [-0.3, -0.25) is 4.79 Å². The summed E-state index contributed by atoms with van der Waals surface area (Å²) in [7, 11) is 0. The Morgan fingerprint density at radius 1 is 1.04 bits per heavy atom. The van der Waals surface area contributed by atoms with Gasteiger partial charge in [-0.1, -0.05) is 36.4 Å². The molecule has 0 aliphatic rings. The number of para-hydroxylation sites is 1. The Labute approximate surface area is 155 Å². The van der Waals surface area contributed by atoms with E-state index in [1.165, 1.54) is 0 Å². The molecule has 0 fully saturated rings. The minimum Gasteiger partial charge on any atom is -0.316 e. The second-order valence-corrected chi connectivity index (χ2v) is 6.78. The molecule has 0 aliphatic carbocycles. The number of allylic oxidation sites excluding steroid dienone is 1. The van der Waals surface area contributed by atoms with Gasteiger partial charge in [0.1, 0.15) is 6.07 Å². The average Bonchev–Trinajstić information content (AvgIpc) is 3.35. The fourth-order valence-electron chi connectivity index (χ4n) is 3.00. The number of hydrogen-bond acceptors (Lipinski definition) is 3. The Morgan fingerprint density at radius 2 is 1.85 bits per heavy atom. The Balaban J connectivity index is 1.73. The zero-order valence-corrected chi connectivity index (χ0v) is 14.6. The summed E-state index contributed by atoms with van der Waals surface area (Å²) < 4.78 is 2.01. The third-order valence-corrected chi connectivity index (χ3v) is 5.16. The van der Waals surface area contributed by atoms with Crippen LogP contribution in [0.2, 0.25) is 0 Å². The van der Waals surface area contributed by atoms with E-state index in [0.29, 0.717) is 11.1 Å². The van der Waals surface area contributed by atoms with Gasteiger partial charge in [0.15, 0.2) is 6.29 Å². The first kappa shape index (κ1) is 16.1. The maximum Gasteiger partial charge on any atom is 0.152 e. The van der Waals surface area contributed by atoms with E-state index in [0.717, 1.165) is 33.3 Å². The van der Waals surface area contributed by atoms with Crippen LogP contribution in [-0.4, -0.2) is 10.9 Å². The molecule has 0 bridgehead atoms. The predicted octanol–water partition coefficient (Wildman–Crippen LogP) is 5.57. The summed E-state index contributed by atoms with van der Waals surface area (Å²) in [6, 6.07) is 22.0. The van der Waals surface area contributed by atoms with Crippen LogP contribution in [0.25, 0.3) is 28.2 Å². The van der Waals surface area contributed by atoms with E-state index < -0.39 is 0 Å². The molecule has 26 heavy (non-hydrogen) atoms. The van der Waals surface area contributed by atoms with Crippen molar-refractivity contribution in [2.24, 2.45) is 0 Å². The van der Waals surface area contributed by atoms with Crippen molar-refractivity contribution < 1.29 is 4.79 Å². The number of hydrogen-bond donors (Lipinski definition) is 0. The fourth-order valence-corrected chi connectivity index (χ4v) is 3.69. The van der Waals surface area contributed by atoms with Gasteiger partial charge in [0.2, 0.25) is 0 Å². The van der Waals surface area contributed by atoms with Crippen molar-refractivity contribution in [1.29, 1.82) is 5.26 Å². The number of carbonyl (C=O) groups is 1. The molecule has 2 aromatic carbocycles. The van der Waals surface area contributed by atoms with Crippen LogP contribution in [-0.2, 0) is 0 Å². The fraction of sp³-hybridized carbons (Fsp3) is 0. The molecule has 4 aromatic rings. The second-order valence-electron chi connectivity index (χ2n) is 5.83. The second kappa shape index (κ2) is 6.83. The molecule has 2 aromatic heterocycles. The molecule has 124 valence electrons. The van der Waals surface area contributed by atoms with E-state index in [1.54, 1.807) is 11.3 Å². The van der Waals surface area contributed by atoms with Crippen LogP contribution in [0.1, 0.15) is 20.8 Å². The summed E-state index contributed by atoms with van der Waals surface area (Å²) in [5.74, 6) is 0. The van der Waals surface area contributed by atoms with Gasteiger partial charge in [-0.15, -0.1) is 11.3 Å². The number of carbonyl (C=O) groups excluding carboxylic acids is 1. The number of nitrogens with zero attached hydrogens (tertiary/aromatic N) is 2. The molecular formula is C22H14N2OS. The summed E-state index contributed by atoms with van der Waals surface area (Å²) in [4.78, 5) is 12.3. The average molecular weight is 354 g/mol. The van der Waals surface area contributed by atoms with Gasteiger partial charge in [-0.25, -0.2) is 0 Å². The largest absolute Gasteiger partial charge is 0.316 e. The lowest BCUT2D eigenvalue weighted by molar-refractivity contribution is 0.112. The number of aromatic nitrogens is 1. The molecule has 0 N–H and O–H groups in total. The van der Waals surface area contributed by atoms with Crippen molar-refractivity contribution in [3.8, 4) is 11.8 Å². The molecule has 0 saturated heterocycles. The van der Waals surface area contributed by atoms with Crippen molar-refractivity contribution in [3.05, 3.63) is 88.2 Å². The first-order valence-electron chi connectivity index (χ1n) is 8.11. The summed E-state index contributed by atoms with van der Waals surface area (Å²) in [5, 5.41) is 12.3. The molecule has 0 amide bonds. The lowest BCUT2D eigenvalue weighted by Gasteiger charge is -2.06.